The van der Waals surface area contributed by atoms with Crippen molar-refractivity contribution in [2.24, 2.45) is 0 Å². The van der Waals surface area contributed by atoms with Gasteiger partial charge in [-0.05, 0) is 29.7 Å². The lowest BCUT2D eigenvalue weighted by Crippen LogP contribution is -2.29. The summed E-state index contributed by atoms with van der Waals surface area (Å²) in [6.45, 7) is 0. The van der Waals surface area contributed by atoms with E-state index in [2.05, 4.69) is 15.0 Å². The number of benzene rings is 2. The Bertz CT molecular complexity index is 945. The van der Waals surface area contributed by atoms with Gasteiger partial charge in [0.2, 0.25) is 0 Å². The van der Waals surface area contributed by atoms with E-state index in [4.69, 9.17) is 4.74 Å². The Kier molecular flexibility index (Phi) is 6.75. The summed E-state index contributed by atoms with van der Waals surface area (Å²) in [5.74, 6) is 0. The molecule has 2 aromatic carbocycles. The summed E-state index contributed by atoms with van der Waals surface area (Å²) < 4.78 is 28.5. The SMILES string of the molecule is COC(=O)N[C@@H](Cc1ccc(NS(=O)[O-])cc1)c1ncc(-c2ccccc2)s1. The van der Waals surface area contributed by atoms with Gasteiger partial charge < -0.3 is 19.3 Å². The number of aromatic nitrogens is 1. The minimum Gasteiger partial charge on any atom is -0.755 e. The maximum absolute atomic E-state index is 11.8. The van der Waals surface area contributed by atoms with Gasteiger partial charge in [0, 0.05) is 23.2 Å². The standard InChI is InChI=1S/C19H19N3O4S2/c1-26-19(23)21-16(11-13-7-9-15(10-8-13)22-28(24)25)18-20-12-17(27-18)14-5-3-2-4-6-14/h2-10,12,16,22H,11H2,1H3,(H,21,23)(H,24,25)/p-1/t16-/m0/s1. The molecule has 9 heteroatoms. The highest BCUT2D eigenvalue weighted by Gasteiger charge is 2.20. The Morgan fingerprint density at radius 2 is 1.93 bits per heavy atom. The topological polar surface area (TPSA) is 103 Å². The molecule has 28 heavy (non-hydrogen) atoms. The van der Waals surface area contributed by atoms with E-state index in [9.17, 15) is 13.6 Å². The second kappa shape index (κ2) is 9.45. The van der Waals surface area contributed by atoms with Crippen LogP contribution < -0.4 is 10.0 Å². The molecule has 3 rings (SSSR count). The van der Waals surface area contributed by atoms with Crippen molar-refractivity contribution in [2.75, 3.05) is 11.8 Å². The number of amides is 1. The molecule has 2 N–H and O–H groups in total. The first-order chi connectivity index (χ1) is 13.5. The van der Waals surface area contributed by atoms with Crippen molar-refractivity contribution in [1.82, 2.24) is 10.3 Å². The number of rotatable bonds is 7. The van der Waals surface area contributed by atoms with E-state index in [0.717, 1.165) is 21.0 Å². The van der Waals surface area contributed by atoms with Crippen LogP contribution in [-0.4, -0.2) is 26.9 Å². The number of methoxy groups -OCH3 is 1. The van der Waals surface area contributed by atoms with E-state index in [1.807, 2.05) is 30.3 Å². The van der Waals surface area contributed by atoms with Crippen LogP contribution in [-0.2, 0) is 22.4 Å². The first-order valence-corrected chi connectivity index (χ1v) is 10.2. The zero-order valence-corrected chi connectivity index (χ0v) is 16.6. The first kappa shape index (κ1) is 20.0. The van der Waals surface area contributed by atoms with Gasteiger partial charge in [-0.15, -0.1) is 11.3 Å². The van der Waals surface area contributed by atoms with Gasteiger partial charge in [0.1, 0.15) is 5.01 Å². The molecule has 0 saturated heterocycles. The third kappa shape index (κ3) is 5.38. The molecule has 0 bridgehead atoms. The Morgan fingerprint density at radius 1 is 1.21 bits per heavy atom. The molecule has 1 aromatic heterocycles. The third-order valence-electron chi connectivity index (χ3n) is 3.95. The van der Waals surface area contributed by atoms with Gasteiger partial charge in [-0.1, -0.05) is 42.5 Å². The van der Waals surface area contributed by atoms with Gasteiger partial charge in [0.05, 0.1) is 18.0 Å². The Hall–Kier alpha value is -2.75. The normalized spacial score (nSPS) is 12.8. The molecule has 3 aromatic rings. The molecule has 7 nitrogen and oxygen atoms in total. The number of nitrogens with zero attached hydrogens (tertiary/aromatic N) is 1. The third-order valence-corrected chi connectivity index (χ3v) is 5.51. The van der Waals surface area contributed by atoms with Crippen LogP contribution in [0.4, 0.5) is 10.5 Å². The summed E-state index contributed by atoms with van der Waals surface area (Å²) in [6, 6.07) is 16.4. The maximum atomic E-state index is 11.8. The lowest BCUT2D eigenvalue weighted by atomic mass is 10.1. The number of ether oxygens (including phenoxy) is 1. The zero-order valence-electron chi connectivity index (χ0n) is 15.0. The Labute approximate surface area is 169 Å². The molecule has 146 valence electrons. The predicted octanol–water partition coefficient (Wildman–Crippen LogP) is 3.66. The zero-order chi connectivity index (χ0) is 19.9. The fourth-order valence-corrected chi connectivity index (χ4v) is 3.93. The van der Waals surface area contributed by atoms with Crippen LogP contribution in [0, 0.1) is 0 Å². The number of hydrogen-bond acceptors (Lipinski definition) is 6. The van der Waals surface area contributed by atoms with Gasteiger partial charge in [-0.25, -0.2) is 9.78 Å². The summed E-state index contributed by atoms with van der Waals surface area (Å²) in [5, 5.41) is 3.57. The summed E-state index contributed by atoms with van der Waals surface area (Å²) in [4.78, 5) is 17.3. The highest BCUT2D eigenvalue weighted by atomic mass is 32.2. The molecule has 1 heterocycles. The molecule has 0 aliphatic carbocycles. The summed E-state index contributed by atoms with van der Waals surface area (Å²) in [6.07, 6.45) is 1.73. The van der Waals surface area contributed by atoms with Gasteiger partial charge in [0.25, 0.3) is 0 Å². The monoisotopic (exact) mass is 416 g/mol. The van der Waals surface area contributed by atoms with E-state index in [-0.39, 0.29) is 6.04 Å². The molecule has 0 aliphatic rings. The van der Waals surface area contributed by atoms with Gasteiger partial charge in [0.15, 0.2) is 0 Å². The van der Waals surface area contributed by atoms with Crippen LogP contribution in [0.2, 0.25) is 0 Å². The summed E-state index contributed by atoms with van der Waals surface area (Å²) in [5.41, 5.74) is 2.44. The number of anilines is 1. The van der Waals surface area contributed by atoms with E-state index in [1.54, 1.807) is 30.5 Å². The smallest absolute Gasteiger partial charge is 0.407 e. The minimum atomic E-state index is -2.37. The fraction of sp³-hybridized carbons (Fsp3) is 0.158. The average molecular weight is 417 g/mol. The molecule has 0 radical (unpaired) electrons. The van der Waals surface area contributed by atoms with Crippen molar-refractivity contribution in [3.8, 4) is 10.4 Å². The van der Waals surface area contributed by atoms with Crippen LogP contribution in [0.15, 0.2) is 60.8 Å². The largest absolute Gasteiger partial charge is 0.755 e. The fourth-order valence-electron chi connectivity index (χ4n) is 2.63. The number of carbonyl (C=O) groups is 1. The molecular weight excluding hydrogens is 398 g/mol. The lowest BCUT2D eigenvalue weighted by molar-refractivity contribution is 0.166. The van der Waals surface area contributed by atoms with Crippen molar-refractivity contribution in [1.29, 1.82) is 0 Å². The molecule has 1 amide bonds. The molecule has 0 fully saturated rings. The highest BCUT2D eigenvalue weighted by molar-refractivity contribution is 7.80. The molecule has 2 atom stereocenters. The molecule has 0 aliphatic heterocycles. The van der Waals surface area contributed by atoms with Crippen LogP contribution in [0.25, 0.3) is 10.4 Å². The molecule has 1 unspecified atom stereocenters. The number of hydrogen-bond donors (Lipinski definition) is 2. The lowest BCUT2D eigenvalue weighted by Gasteiger charge is -2.16. The second-order valence-electron chi connectivity index (χ2n) is 5.86. The van der Waals surface area contributed by atoms with E-state index >= 15 is 0 Å². The Balaban J connectivity index is 1.80. The number of thiazole rings is 1. The van der Waals surface area contributed by atoms with E-state index in [1.165, 1.54) is 18.4 Å². The van der Waals surface area contributed by atoms with Gasteiger partial charge in [-0.2, -0.15) is 0 Å². The van der Waals surface area contributed by atoms with Gasteiger partial charge in [-0.3, -0.25) is 4.21 Å². The van der Waals surface area contributed by atoms with Crippen LogP contribution in [0.5, 0.6) is 0 Å². The molecular formula is C19H18N3O4S2-. The Morgan fingerprint density at radius 3 is 2.57 bits per heavy atom. The predicted molar refractivity (Wildman–Crippen MR) is 109 cm³/mol. The number of nitrogens with one attached hydrogen (secondary N) is 2. The molecule has 0 saturated carbocycles. The summed E-state index contributed by atoms with van der Waals surface area (Å²) >= 11 is -0.868. The second-order valence-corrected chi connectivity index (χ2v) is 7.59. The molecule has 0 spiro atoms. The van der Waals surface area contributed by atoms with E-state index in [0.29, 0.717) is 12.1 Å². The number of alkyl carbamates (subject to hydrolysis) is 1. The van der Waals surface area contributed by atoms with Crippen LogP contribution >= 0.6 is 11.3 Å². The highest BCUT2D eigenvalue weighted by Crippen LogP contribution is 2.30. The number of carbonyl (C=O) groups excluding carboxylic acids is 1. The van der Waals surface area contributed by atoms with Crippen molar-refractivity contribution < 1.29 is 18.3 Å². The first-order valence-electron chi connectivity index (χ1n) is 8.35. The van der Waals surface area contributed by atoms with Crippen molar-refractivity contribution in [3.63, 3.8) is 0 Å². The van der Waals surface area contributed by atoms with Gasteiger partial charge >= 0.3 is 6.09 Å². The van der Waals surface area contributed by atoms with Crippen LogP contribution in [0.3, 0.4) is 0 Å². The van der Waals surface area contributed by atoms with Crippen LogP contribution in [0.1, 0.15) is 16.6 Å². The van der Waals surface area contributed by atoms with E-state index < -0.39 is 17.4 Å². The van der Waals surface area contributed by atoms with Crippen molar-refractivity contribution in [2.45, 2.75) is 12.5 Å². The van der Waals surface area contributed by atoms with Crippen molar-refractivity contribution in [3.05, 3.63) is 71.4 Å². The minimum absolute atomic E-state index is 0.373. The summed E-state index contributed by atoms with van der Waals surface area (Å²) in [7, 11) is 1.31. The average Bonchev–Trinajstić information content (AvgIpc) is 3.19. The maximum Gasteiger partial charge on any atom is 0.407 e. The van der Waals surface area contributed by atoms with Crippen molar-refractivity contribution >= 4 is 34.4 Å². The quantitative estimate of drug-likeness (QED) is 0.572.